The Morgan fingerprint density at radius 3 is 2.85 bits per heavy atom. The van der Waals surface area contributed by atoms with Crippen LogP contribution in [-0.2, 0) is 7.05 Å². The van der Waals surface area contributed by atoms with Crippen LogP contribution in [0.3, 0.4) is 0 Å². The minimum atomic E-state index is 0.0644. The van der Waals surface area contributed by atoms with Gasteiger partial charge in [0.25, 0.3) is 5.91 Å². The van der Waals surface area contributed by atoms with E-state index in [-0.39, 0.29) is 12.5 Å². The number of thiophene rings is 1. The van der Waals surface area contributed by atoms with Gasteiger partial charge in [-0.1, -0.05) is 0 Å². The maximum absolute atomic E-state index is 12.4. The summed E-state index contributed by atoms with van der Waals surface area (Å²) in [7, 11) is 3.73. The van der Waals surface area contributed by atoms with Gasteiger partial charge < -0.3 is 10.0 Å². The van der Waals surface area contributed by atoms with E-state index in [2.05, 4.69) is 5.10 Å². The predicted octanol–water partition coefficient (Wildman–Crippen LogP) is 2.18. The number of aryl methyl sites for hydroxylation is 2. The van der Waals surface area contributed by atoms with E-state index in [1.54, 1.807) is 4.90 Å². The van der Waals surface area contributed by atoms with Crippen LogP contribution in [-0.4, -0.2) is 45.9 Å². The molecule has 2 heterocycles. The fourth-order valence-electron chi connectivity index (χ4n) is 2.24. The van der Waals surface area contributed by atoms with Gasteiger partial charge in [-0.2, -0.15) is 5.10 Å². The highest BCUT2D eigenvalue weighted by atomic mass is 32.1. The van der Waals surface area contributed by atoms with Crippen LogP contribution in [0.1, 0.15) is 34.6 Å². The summed E-state index contributed by atoms with van der Waals surface area (Å²) in [5.41, 5.74) is 0.961. The highest BCUT2D eigenvalue weighted by molar-refractivity contribution is 7.20. The summed E-state index contributed by atoms with van der Waals surface area (Å²) >= 11 is 1.49. The van der Waals surface area contributed by atoms with Gasteiger partial charge in [-0.05, 0) is 32.3 Å². The average Bonchev–Trinajstić information content (AvgIpc) is 2.96. The Morgan fingerprint density at radius 1 is 1.45 bits per heavy atom. The molecule has 1 N–H and O–H groups in total. The number of aromatic nitrogens is 2. The third-order valence-corrected chi connectivity index (χ3v) is 4.60. The lowest BCUT2D eigenvalue weighted by atomic mass is 10.2. The van der Waals surface area contributed by atoms with Crippen molar-refractivity contribution in [2.45, 2.75) is 26.2 Å². The van der Waals surface area contributed by atoms with E-state index in [0.717, 1.165) is 46.6 Å². The van der Waals surface area contributed by atoms with E-state index < -0.39 is 0 Å². The van der Waals surface area contributed by atoms with Gasteiger partial charge in [0.1, 0.15) is 4.83 Å². The van der Waals surface area contributed by atoms with Gasteiger partial charge >= 0.3 is 0 Å². The summed E-state index contributed by atoms with van der Waals surface area (Å²) in [4.78, 5) is 15.9. The number of rotatable bonds is 6. The molecule has 6 heteroatoms. The molecule has 0 aliphatic rings. The Morgan fingerprint density at radius 2 is 2.20 bits per heavy atom. The molecule has 0 aliphatic carbocycles. The zero-order valence-electron chi connectivity index (χ0n) is 12.2. The molecule has 0 saturated heterocycles. The molecular formula is C14H21N3O2S. The van der Waals surface area contributed by atoms with Crippen LogP contribution in [0.5, 0.6) is 0 Å². The van der Waals surface area contributed by atoms with Gasteiger partial charge in [0.05, 0.1) is 10.6 Å². The van der Waals surface area contributed by atoms with Crippen molar-refractivity contribution < 1.29 is 9.90 Å². The molecule has 0 fully saturated rings. The summed E-state index contributed by atoms with van der Waals surface area (Å²) in [5.74, 6) is 0.0644. The van der Waals surface area contributed by atoms with Crippen molar-refractivity contribution in [3.05, 3.63) is 16.6 Å². The van der Waals surface area contributed by atoms with Gasteiger partial charge in [0, 0.05) is 32.6 Å². The summed E-state index contributed by atoms with van der Waals surface area (Å²) in [5, 5.41) is 14.1. The average molecular weight is 295 g/mol. The Hall–Kier alpha value is -1.40. The largest absolute Gasteiger partial charge is 0.396 e. The third kappa shape index (κ3) is 3.02. The van der Waals surface area contributed by atoms with E-state index in [9.17, 15) is 4.79 Å². The van der Waals surface area contributed by atoms with Gasteiger partial charge in [-0.15, -0.1) is 11.3 Å². The molecule has 2 aromatic heterocycles. The summed E-state index contributed by atoms with van der Waals surface area (Å²) in [6.07, 6.45) is 2.67. The maximum Gasteiger partial charge on any atom is 0.263 e. The fourth-order valence-corrected chi connectivity index (χ4v) is 3.36. The van der Waals surface area contributed by atoms with Crippen molar-refractivity contribution >= 4 is 27.5 Å². The predicted molar refractivity (Wildman–Crippen MR) is 81.2 cm³/mol. The second-order valence-electron chi connectivity index (χ2n) is 5.05. The minimum absolute atomic E-state index is 0.0644. The van der Waals surface area contributed by atoms with Crippen molar-refractivity contribution in [2.75, 3.05) is 20.2 Å². The Bertz CT molecular complexity index is 568. The van der Waals surface area contributed by atoms with Crippen LogP contribution in [0.25, 0.3) is 10.2 Å². The molecule has 20 heavy (non-hydrogen) atoms. The van der Waals surface area contributed by atoms with Crippen LogP contribution >= 0.6 is 11.3 Å². The summed E-state index contributed by atoms with van der Waals surface area (Å²) in [6.45, 7) is 2.91. The second kappa shape index (κ2) is 6.37. The summed E-state index contributed by atoms with van der Waals surface area (Å²) < 4.78 is 1.83. The SMILES string of the molecule is Cc1nn(C)c2sc(C(=O)N(C)CCCCCO)cc12. The molecule has 0 radical (unpaired) electrons. The molecule has 2 rings (SSSR count). The van der Waals surface area contributed by atoms with Crippen LogP contribution < -0.4 is 0 Å². The molecule has 0 aliphatic heterocycles. The van der Waals surface area contributed by atoms with Gasteiger partial charge in [0.2, 0.25) is 0 Å². The normalized spacial score (nSPS) is 11.2. The molecule has 0 atom stereocenters. The number of unbranched alkanes of at least 4 members (excludes halogenated alkanes) is 2. The summed E-state index contributed by atoms with van der Waals surface area (Å²) in [6, 6.07) is 1.94. The molecule has 2 aromatic rings. The number of carbonyl (C=O) groups is 1. The first-order valence-electron chi connectivity index (χ1n) is 6.84. The number of nitrogens with zero attached hydrogens (tertiary/aromatic N) is 3. The third-order valence-electron chi connectivity index (χ3n) is 3.41. The van der Waals surface area contributed by atoms with E-state index >= 15 is 0 Å². The van der Waals surface area contributed by atoms with Crippen molar-refractivity contribution in [3.8, 4) is 0 Å². The number of carbonyl (C=O) groups excluding carboxylic acids is 1. The minimum Gasteiger partial charge on any atom is -0.396 e. The number of hydrogen-bond acceptors (Lipinski definition) is 4. The van der Waals surface area contributed by atoms with Crippen molar-refractivity contribution in [1.82, 2.24) is 14.7 Å². The molecule has 5 nitrogen and oxygen atoms in total. The quantitative estimate of drug-likeness (QED) is 0.831. The van der Waals surface area contributed by atoms with Crippen molar-refractivity contribution in [1.29, 1.82) is 0 Å². The zero-order valence-corrected chi connectivity index (χ0v) is 13.0. The molecule has 1 amide bonds. The van der Waals surface area contributed by atoms with E-state index in [1.165, 1.54) is 11.3 Å². The van der Waals surface area contributed by atoms with E-state index in [4.69, 9.17) is 5.11 Å². The molecule has 0 spiro atoms. The Kier molecular flexibility index (Phi) is 4.77. The molecule has 110 valence electrons. The van der Waals surface area contributed by atoms with E-state index in [0.29, 0.717) is 0 Å². The van der Waals surface area contributed by atoms with Crippen LogP contribution in [0.15, 0.2) is 6.07 Å². The second-order valence-corrected chi connectivity index (χ2v) is 6.08. The van der Waals surface area contributed by atoms with Crippen LogP contribution in [0.2, 0.25) is 0 Å². The van der Waals surface area contributed by atoms with Gasteiger partial charge in [0.15, 0.2) is 0 Å². The number of aliphatic hydroxyl groups is 1. The smallest absolute Gasteiger partial charge is 0.263 e. The first-order chi connectivity index (χ1) is 9.54. The lowest BCUT2D eigenvalue weighted by Crippen LogP contribution is -2.27. The zero-order chi connectivity index (χ0) is 14.7. The lowest BCUT2D eigenvalue weighted by molar-refractivity contribution is 0.0797. The van der Waals surface area contributed by atoms with Crippen molar-refractivity contribution in [3.63, 3.8) is 0 Å². The maximum atomic E-state index is 12.4. The van der Waals surface area contributed by atoms with Gasteiger partial charge in [-0.25, -0.2) is 0 Å². The van der Waals surface area contributed by atoms with Gasteiger partial charge in [-0.3, -0.25) is 9.48 Å². The first-order valence-corrected chi connectivity index (χ1v) is 7.65. The Labute approximate surface area is 122 Å². The first kappa shape index (κ1) is 15.0. The van der Waals surface area contributed by atoms with Crippen molar-refractivity contribution in [2.24, 2.45) is 7.05 Å². The molecule has 0 aromatic carbocycles. The highest BCUT2D eigenvalue weighted by Gasteiger charge is 2.17. The monoisotopic (exact) mass is 295 g/mol. The molecule has 0 unspecified atom stereocenters. The number of hydrogen-bond donors (Lipinski definition) is 1. The van der Waals surface area contributed by atoms with Crippen LogP contribution in [0.4, 0.5) is 0 Å². The molecule has 0 saturated carbocycles. The number of fused-ring (bicyclic) bond motifs is 1. The standard InChI is InChI=1S/C14H21N3O2S/c1-10-11-9-12(20-14(11)17(3)15-10)13(19)16(2)7-5-4-6-8-18/h9,18H,4-8H2,1-3H3. The Balaban J connectivity index is 2.05. The number of aliphatic hydroxyl groups excluding tert-OH is 1. The molecular weight excluding hydrogens is 274 g/mol. The molecule has 0 bridgehead atoms. The number of amides is 1. The topological polar surface area (TPSA) is 58.4 Å². The highest BCUT2D eigenvalue weighted by Crippen LogP contribution is 2.28. The van der Waals surface area contributed by atoms with Crippen LogP contribution in [0, 0.1) is 6.92 Å². The van der Waals surface area contributed by atoms with E-state index in [1.807, 2.05) is 31.8 Å². The fraction of sp³-hybridized carbons (Fsp3) is 0.571. The lowest BCUT2D eigenvalue weighted by Gasteiger charge is -2.15.